The van der Waals surface area contributed by atoms with Crippen LogP contribution in [0.15, 0.2) is 36.4 Å². The van der Waals surface area contributed by atoms with Crippen LogP contribution in [0.25, 0.3) is 0 Å². The summed E-state index contributed by atoms with van der Waals surface area (Å²) in [6.45, 7) is 8.86. The van der Waals surface area contributed by atoms with Gasteiger partial charge in [0.1, 0.15) is 5.69 Å². The molecule has 2 aromatic carbocycles. The zero-order chi connectivity index (χ0) is 19.2. The minimum Gasteiger partial charge on any atom is -0.379 e. The van der Waals surface area contributed by atoms with Crippen molar-refractivity contribution in [2.24, 2.45) is 0 Å². The van der Waals surface area contributed by atoms with Gasteiger partial charge in [0.2, 0.25) is 0 Å². The highest BCUT2D eigenvalue weighted by atomic mass is 16.6. The Kier molecular flexibility index (Phi) is 6.26. The van der Waals surface area contributed by atoms with Gasteiger partial charge in [0, 0.05) is 43.6 Å². The maximum Gasteiger partial charge on any atom is 0.292 e. The van der Waals surface area contributed by atoms with E-state index in [4.69, 9.17) is 4.74 Å². The molecule has 3 rings (SSSR count). The second kappa shape index (κ2) is 8.83. The highest BCUT2D eigenvalue weighted by molar-refractivity contribution is 5.72. The van der Waals surface area contributed by atoms with E-state index in [1.54, 1.807) is 18.2 Å². The summed E-state index contributed by atoms with van der Waals surface area (Å²) in [6, 6.07) is 11.3. The van der Waals surface area contributed by atoms with E-state index in [0.29, 0.717) is 12.2 Å². The van der Waals surface area contributed by atoms with Crippen LogP contribution in [0.3, 0.4) is 0 Å². The maximum absolute atomic E-state index is 11.4. The van der Waals surface area contributed by atoms with Crippen LogP contribution in [0.1, 0.15) is 11.1 Å². The molecule has 0 aliphatic carbocycles. The predicted molar refractivity (Wildman–Crippen MR) is 108 cm³/mol. The smallest absolute Gasteiger partial charge is 0.292 e. The lowest BCUT2D eigenvalue weighted by molar-refractivity contribution is -0.383. The molecule has 2 aromatic rings. The van der Waals surface area contributed by atoms with Crippen molar-refractivity contribution in [2.45, 2.75) is 13.8 Å². The average molecular weight is 370 g/mol. The molecule has 0 spiro atoms. The summed E-state index contributed by atoms with van der Waals surface area (Å²) in [5.74, 6) is 0. The zero-order valence-corrected chi connectivity index (χ0v) is 15.8. The van der Waals surface area contributed by atoms with Gasteiger partial charge in [0.25, 0.3) is 5.69 Å². The van der Waals surface area contributed by atoms with Crippen LogP contribution >= 0.6 is 0 Å². The molecule has 0 saturated carbocycles. The topological polar surface area (TPSA) is 79.7 Å². The summed E-state index contributed by atoms with van der Waals surface area (Å²) < 4.78 is 5.34. The van der Waals surface area contributed by atoms with E-state index < -0.39 is 0 Å². The van der Waals surface area contributed by atoms with Crippen molar-refractivity contribution in [1.82, 2.24) is 4.90 Å². The van der Waals surface area contributed by atoms with Crippen LogP contribution in [-0.2, 0) is 4.74 Å². The van der Waals surface area contributed by atoms with Crippen LogP contribution in [0.5, 0.6) is 0 Å². The average Bonchev–Trinajstić information content (AvgIpc) is 2.62. The molecule has 1 fully saturated rings. The molecule has 0 aromatic heterocycles. The number of hydrogen-bond acceptors (Lipinski definition) is 6. The monoisotopic (exact) mass is 370 g/mol. The SMILES string of the molecule is Cc1cc(C)cc(Nc2ccc([N+](=O)[O-])c(NCCN3CCOCC3)c2)c1. The van der Waals surface area contributed by atoms with E-state index in [1.165, 1.54) is 11.1 Å². The largest absolute Gasteiger partial charge is 0.379 e. The predicted octanol–water partition coefficient (Wildman–Crippen LogP) is 3.70. The molecule has 7 heteroatoms. The van der Waals surface area contributed by atoms with Crippen LogP contribution < -0.4 is 10.6 Å². The number of anilines is 3. The third kappa shape index (κ3) is 5.42. The van der Waals surface area contributed by atoms with E-state index in [9.17, 15) is 10.1 Å². The summed E-state index contributed by atoms with van der Waals surface area (Å²) in [6.07, 6.45) is 0. The second-order valence-electron chi connectivity index (χ2n) is 6.87. The Hall–Kier alpha value is -2.64. The molecule has 2 N–H and O–H groups in total. The highest BCUT2D eigenvalue weighted by Gasteiger charge is 2.15. The molecular formula is C20H26N4O3. The fourth-order valence-corrected chi connectivity index (χ4v) is 3.30. The lowest BCUT2D eigenvalue weighted by atomic mass is 10.1. The highest BCUT2D eigenvalue weighted by Crippen LogP contribution is 2.29. The van der Waals surface area contributed by atoms with Gasteiger partial charge in [-0.05, 0) is 49.2 Å². The Balaban J connectivity index is 1.70. The van der Waals surface area contributed by atoms with Gasteiger partial charge in [-0.2, -0.15) is 0 Å². The van der Waals surface area contributed by atoms with E-state index >= 15 is 0 Å². The molecule has 0 bridgehead atoms. The fraction of sp³-hybridized carbons (Fsp3) is 0.400. The van der Waals surface area contributed by atoms with Crippen LogP contribution in [0, 0.1) is 24.0 Å². The van der Waals surface area contributed by atoms with Gasteiger partial charge < -0.3 is 15.4 Å². The van der Waals surface area contributed by atoms with Crippen molar-refractivity contribution in [3.8, 4) is 0 Å². The van der Waals surface area contributed by atoms with Gasteiger partial charge in [-0.15, -0.1) is 0 Å². The number of nitrogens with one attached hydrogen (secondary N) is 2. The third-order valence-electron chi connectivity index (χ3n) is 4.55. The van der Waals surface area contributed by atoms with Crippen molar-refractivity contribution < 1.29 is 9.66 Å². The van der Waals surface area contributed by atoms with Crippen molar-refractivity contribution in [3.05, 3.63) is 57.6 Å². The Morgan fingerprint density at radius 3 is 2.44 bits per heavy atom. The molecule has 0 unspecified atom stereocenters. The van der Waals surface area contributed by atoms with Gasteiger partial charge in [0.15, 0.2) is 0 Å². The van der Waals surface area contributed by atoms with Gasteiger partial charge in [0.05, 0.1) is 18.1 Å². The van der Waals surface area contributed by atoms with E-state index in [1.807, 2.05) is 13.8 Å². The Morgan fingerprint density at radius 1 is 1.07 bits per heavy atom. The van der Waals surface area contributed by atoms with E-state index in [-0.39, 0.29) is 10.6 Å². The van der Waals surface area contributed by atoms with Gasteiger partial charge in [-0.1, -0.05) is 6.07 Å². The fourth-order valence-electron chi connectivity index (χ4n) is 3.30. The first-order valence-electron chi connectivity index (χ1n) is 9.19. The Bertz CT molecular complexity index is 784. The van der Waals surface area contributed by atoms with Crippen LogP contribution in [0.2, 0.25) is 0 Å². The molecule has 0 atom stereocenters. The molecule has 27 heavy (non-hydrogen) atoms. The number of morpholine rings is 1. The van der Waals surface area contributed by atoms with Gasteiger partial charge in [-0.25, -0.2) is 0 Å². The minimum atomic E-state index is -0.350. The van der Waals surface area contributed by atoms with E-state index in [0.717, 1.165) is 44.2 Å². The first kappa shape index (κ1) is 19.1. The second-order valence-corrected chi connectivity index (χ2v) is 6.87. The van der Waals surface area contributed by atoms with Gasteiger partial charge in [-0.3, -0.25) is 15.0 Å². The molecular weight excluding hydrogens is 344 g/mol. The Morgan fingerprint density at radius 2 is 1.78 bits per heavy atom. The van der Waals surface area contributed by atoms with Crippen LogP contribution in [0.4, 0.5) is 22.7 Å². The quantitative estimate of drug-likeness (QED) is 0.571. The third-order valence-corrected chi connectivity index (χ3v) is 4.55. The van der Waals surface area contributed by atoms with Crippen molar-refractivity contribution in [2.75, 3.05) is 50.0 Å². The van der Waals surface area contributed by atoms with Crippen molar-refractivity contribution in [1.29, 1.82) is 0 Å². The zero-order valence-electron chi connectivity index (χ0n) is 15.8. The minimum absolute atomic E-state index is 0.0861. The first-order chi connectivity index (χ1) is 13.0. The molecule has 144 valence electrons. The summed E-state index contributed by atoms with van der Waals surface area (Å²) in [4.78, 5) is 13.3. The number of rotatable bonds is 7. The summed E-state index contributed by atoms with van der Waals surface area (Å²) in [5.41, 5.74) is 4.75. The number of hydrogen-bond donors (Lipinski definition) is 2. The Labute approximate surface area is 159 Å². The summed E-state index contributed by atoms with van der Waals surface area (Å²) in [7, 11) is 0. The lowest BCUT2D eigenvalue weighted by Crippen LogP contribution is -2.39. The molecule has 1 saturated heterocycles. The number of aryl methyl sites for hydroxylation is 2. The summed E-state index contributed by atoms with van der Waals surface area (Å²) in [5, 5.41) is 17.9. The first-order valence-corrected chi connectivity index (χ1v) is 9.19. The molecule has 7 nitrogen and oxygen atoms in total. The number of nitro groups is 1. The lowest BCUT2D eigenvalue weighted by Gasteiger charge is -2.26. The van der Waals surface area contributed by atoms with Crippen molar-refractivity contribution in [3.63, 3.8) is 0 Å². The molecule has 1 aliphatic rings. The van der Waals surface area contributed by atoms with E-state index in [2.05, 4.69) is 33.7 Å². The van der Waals surface area contributed by atoms with Gasteiger partial charge >= 0.3 is 0 Å². The van der Waals surface area contributed by atoms with Crippen molar-refractivity contribution >= 4 is 22.7 Å². The number of benzene rings is 2. The standard InChI is InChI=1S/C20H26N4O3/c1-15-11-16(2)13-18(12-15)22-17-3-4-20(24(25)26)19(14-17)21-5-6-23-7-9-27-10-8-23/h3-4,11-14,21-22H,5-10H2,1-2H3. The molecule has 1 heterocycles. The molecule has 1 aliphatic heterocycles. The number of ether oxygens (including phenoxy) is 1. The number of nitrogens with zero attached hydrogens (tertiary/aromatic N) is 2. The number of nitro benzene ring substituents is 1. The normalized spacial score (nSPS) is 14.7. The maximum atomic E-state index is 11.4. The summed E-state index contributed by atoms with van der Waals surface area (Å²) >= 11 is 0. The molecule has 0 amide bonds. The molecule has 0 radical (unpaired) electrons. The van der Waals surface area contributed by atoms with Crippen LogP contribution in [-0.4, -0.2) is 49.2 Å².